The second-order valence-electron chi connectivity index (χ2n) is 3.49. The van der Waals surface area contributed by atoms with Gasteiger partial charge in [0.25, 0.3) is 6.29 Å². The van der Waals surface area contributed by atoms with Crippen molar-refractivity contribution in [3.8, 4) is 5.75 Å². The summed E-state index contributed by atoms with van der Waals surface area (Å²) in [4.78, 5) is 11.6. The van der Waals surface area contributed by atoms with E-state index in [0.717, 1.165) is 10.8 Å². The standard InChI is InChI=1S/C12H8O3/c13-11-10-8-4-2-1-3-7(8)5-6-9(10)15-12(11)14/h1-6,12,14H. The lowest BCUT2D eigenvalue weighted by Gasteiger charge is -2.01. The van der Waals surface area contributed by atoms with Crippen molar-refractivity contribution in [3.05, 3.63) is 42.0 Å². The molecule has 2 aromatic carbocycles. The predicted octanol–water partition coefficient (Wildman–Crippen LogP) is 1.73. The van der Waals surface area contributed by atoms with Crippen LogP contribution in [0.2, 0.25) is 0 Å². The number of hydrogen-bond acceptors (Lipinski definition) is 3. The number of Topliss-reactive ketones (excluding diaryl/α,β-unsaturated/α-hetero) is 1. The number of benzene rings is 2. The first-order chi connectivity index (χ1) is 7.27. The second-order valence-corrected chi connectivity index (χ2v) is 3.49. The van der Waals surface area contributed by atoms with Gasteiger partial charge >= 0.3 is 0 Å². The van der Waals surface area contributed by atoms with Gasteiger partial charge in [0.2, 0.25) is 5.78 Å². The topological polar surface area (TPSA) is 46.5 Å². The van der Waals surface area contributed by atoms with Gasteiger partial charge in [0.05, 0.1) is 5.56 Å². The van der Waals surface area contributed by atoms with Crippen LogP contribution in [0.5, 0.6) is 5.75 Å². The molecule has 1 N–H and O–H groups in total. The Morgan fingerprint density at radius 2 is 1.93 bits per heavy atom. The quantitative estimate of drug-likeness (QED) is 0.704. The van der Waals surface area contributed by atoms with Gasteiger partial charge in [0.15, 0.2) is 0 Å². The van der Waals surface area contributed by atoms with Gasteiger partial charge in [-0.2, -0.15) is 0 Å². The first-order valence-electron chi connectivity index (χ1n) is 4.68. The van der Waals surface area contributed by atoms with Crippen LogP contribution >= 0.6 is 0 Å². The van der Waals surface area contributed by atoms with Gasteiger partial charge in [0, 0.05) is 0 Å². The largest absolute Gasteiger partial charge is 0.456 e. The molecule has 1 unspecified atom stereocenters. The highest BCUT2D eigenvalue weighted by atomic mass is 16.6. The molecular weight excluding hydrogens is 192 g/mol. The van der Waals surface area contributed by atoms with E-state index in [1.165, 1.54) is 0 Å². The molecule has 0 amide bonds. The summed E-state index contributed by atoms with van der Waals surface area (Å²) >= 11 is 0. The van der Waals surface area contributed by atoms with E-state index in [1.54, 1.807) is 6.07 Å². The molecular formula is C12H8O3. The monoisotopic (exact) mass is 200 g/mol. The third-order valence-electron chi connectivity index (χ3n) is 2.60. The molecule has 3 nitrogen and oxygen atoms in total. The number of aliphatic hydroxyl groups excluding tert-OH is 1. The molecule has 0 radical (unpaired) electrons. The van der Waals surface area contributed by atoms with E-state index >= 15 is 0 Å². The summed E-state index contributed by atoms with van der Waals surface area (Å²) in [5.41, 5.74) is 0.487. The van der Waals surface area contributed by atoms with Gasteiger partial charge in [-0.1, -0.05) is 30.3 Å². The van der Waals surface area contributed by atoms with Crippen molar-refractivity contribution in [2.45, 2.75) is 6.29 Å². The van der Waals surface area contributed by atoms with Gasteiger partial charge in [0.1, 0.15) is 5.75 Å². The van der Waals surface area contributed by atoms with Gasteiger partial charge < -0.3 is 9.84 Å². The van der Waals surface area contributed by atoms with E-state index in [1.807, 2.05) is 30.3 Å². The summed E-state index contributed by atoms with van der Waals surface area (Å²) in [7, 11) is 0. The highest BCUT2D eigenvalue weighted by molar-refractivity contribution is 6.13. The van der Waals surface area contributed by atoms with Crippen LogP contribution in [0, 0.1) is 0 Å². The zero-order valence-electron chi connectivity index (χ0n) is 7.81. The lowest BCUT2D eigenvalue weighted by molar-refractivity contribution is 0.00867. The maximum atomic E-state index is 11.6. The molecule has 15 heavy (non-hydrogen) atoms. The third kappa shape index (κ3) is 1.07. The van der Waals surface area contributed by atoms with Crippen molar-refractivity contribution in [3.63, 3.8) is 0 Å². The molecule has 2 aromatic rings. The first-order valence-corrected chi connectivity index (χ1v) is 4.68. The molecule has 3 heteroatoms. The van der Waals surface area contributed by atoms with E-state index in [0.29, 0.717) is 11.3 Å². The van der Waals surface area contributed by atoms with E-state index in [-0.39, 0.29) is 5.78 Å². The summed E-state index contributed by atoms with van der Waals surface area (Å²) in [5.74, 6) is 0.105. The smallest absolute Gasteiger partial charge is 0.262 e. The number of fused-ring (bicyclic) bond motifs is 3. The Hall–Kier alpha value is -1.87. The van der Waals surface area contributed by atoms with Gasteiger partial charge in [-0.3, -0.25) is 4.79 Å². The molecule has 1 heterocycles. The Bertz CT molecular complexity index is 560. The Balaban J connectivity index is 2.41. The van der Waals surface area contributed by atoms with Crippen LogP contribution in [0.4, 0.5) is 0 Å². The van der Waals surface area contributed by atoms with Crippen molar-refractivity contribution in [1.29, 1.82) is 0 Å². The summed E-state index contributed by atoms with van der Waals surface area (Å²) in [6.07, 6.45) is -1.34. The number of ether oxygens (including phenoxy) is 1. The average Bonchev–Trinajstić information content (AvgIpc) is 2.55. The SMILES string of the molecule is O=C1c2c(ccc3ccccc23)OC1O. The number of hydrogen-bond donors (Lipinski definition) is 1. The number of aliphatic hydroxyl groups is 1. The zero-order chi connectivity index (χ0) is 10.4. The molecule has 74 valence electrons. The van der Waals surface area contributed by atoms with Crippen LogP contribution in [0.25, 0.3) is 10.8 Å². The maximum absolute atomic E-state index is 11.6. The fourth-order valence-electron chi connectivity index (χ4n) is 1.90. The predicted molar refractivity (Wildman–Crippen MR) is 54.9 cm³/mol. The number of carbonyl (C=O) groups is 1. The van der Waals surface area contributed by atoms with Crippen LogP contribution in [-0.4, -0.2) is 17.2 Å². The molecule has 3 rings (SSSR count). The van der Waals surface area contributed by atoms with Crippen LogP contribution in [-0.2, 0) is 0 Å². The molecule has 0 bridgehead atoms. The van der Waals surface area contributed by atoms with Crippen LogP contribution in [0.3, 0.4) is 0 Å². The van der Waals surface area contributed by atoms with Crippen molar-refractivity contribution in [2.24, 2.45) is 0 Å². The van der Waals surface area contributed by atoms with Crippen LogP contribution in [0.1, 0.15) is 10.4 Å². The Morgan fingerprint density at radius 1 is 1.13 bits per heavy atom. The van der Waals surface area contributed by atoms with Crippen LogP contribution < -0.4 is 4.74 Å². The van der Waals surface area contributed by atoms with Crippen LogP contribution in [0.15, 0.2) is 36.4 Å². The van der Waals surface area contributed by atoms with Crippen molar-refractivity contribution in [1.82, 2.24) is 0 Å². The van der Waals surface area contributed by atoms with E-state index in [9.17, 15) is 9.90 Å². The van der Waals surface area contributed by atoms with Gasteiger partial charge in [-0.15, -0.1) is 0 Å². The minimum atomic E-state index is -1.34. The summed E-state index contributed by atoms with van der Waals surface area (Å²) in [6, 6.07) is 11.1. The molecule has 1 aliphatic rings. The van der Waals surface area contributed by atoms with Gasteiger partial charge in [-0.25, -0.2) is 0 Å². The molecule has 0 saturated heterocycles. The fraction of sp³-hybridized carbons (Fsp3) is 0.0833. The maximum Gasteiger partial charge on any atom is 0.262 e. The third-order valence-corrected chi connectivity index (χ3v) is 2.60. The molecule has 0 spiro atoms. The second kappa shape index (κ2) is 2.81. The molecule has 0 saturated carbocycles. The van der Waals surface area contributed by atoms with Crippen molar-refractivity contribution >= 4 is 16.6 Å². The highest BCUT2D eigenvalue weighted by Gasteiger charge is 2.32. The van der Waals surface area contributed by atoms with E-state index < -0.39 is 6.29 Å². The van der Waals surface area contributed by atoms with Crippen molar-refractivity contribution in [2.75, 3.05) is 0 Å². The first kappa shape index (κ1) is 8.44. The summed E-state index contributed by atoms with van der Waals surface area (Å²) in [6.45, 7) is 0. The molecule has 0 aliphatic carbocycles. The number of rotatable bonds is 0. The Kier molecular flexibility index (Phi) is 1.58. The molecule has 1 aliphatic heterocycles. The highest BCUT2D eigenvalue weighted by Crippen LogP contribution is 2.34. The Morgan fingerprint density at radius 3 is 2.80 bits per heavy atom. The van der Waals surface area contributed by atoms with Gasteiger partial charge in [-0.05, 0) is 16.8 Å². The number of carbonyl (C=O) groups excluding carboxylic acids is 1. The van der Waals surface area contributed by atoms with E-state index in [2.05, 4.69) is 0 Å². The molecule has 0 fully saturated rings. The molecule has 0 aromatic heterocycles. The zero-order valence-corrected chi connectivity index (χ0v) is 7.81. The summed E-state index contributed by atoms with van der Waals surface area (Å²) in [5, 5.41) is 11.1. The lowest BCUT2D eigenvalue weighted by Crippen LogP contribution is -2.18. The minimum absolute atomic E-state index is 0.359. The Labute approximate surface area is 85.9 Å². The fourth-order valence-corrected chi connectivity index (χ4v) is 1.90. The minimum Gasteiger partial charge on any atom is -0.456 e. The van der Waals surface area contributed by atoms with Crippen molar-refractivity contribution < 1.29 is 14.6 Å². The normalized spacial score (nSPS) is 19.0. The molecule has 1 atom stereocenters. The number of ketones is 1. The van der Waals surface area contributed by atoms with E-state index in [4.69, 9.17) is 4.74 Å². The average molecular weight is 200 g/mol. The summed E-state index contributed by atoms with van der Waals surface area (Å²) < 4.78 is 5.03. The lowest BCUT2D eigenvalue weighted by atomic mass is 10.0.